The van der Waals surface area contributed by atoms with Crippen LogP contribution in [0.3, 0.4) is 0 Å². The number of hydrogen-bond acceptors (Lipinski definition) is 11. The van der Waals surface area contributed by atoms with Gasteiger partial charge in [-0.05, 0) is 49.0 Å². The van der Waals surface area contributed by atoms with Gasteiger partial charge in [-0.25, -0.2) is 14.4 Å². The molecule has 4 rings (SSSR count). The highest BCUT2D eigenvalue weighted by Gasteiger charge is 2.85. The lowest BCUT2D eigenvalue weighted by atomic mass is 9.74. The molecule has 8 atom stereocenters. The average molecular weight is 785 g/mol. The van der Waals surface area contributed by atoms with E-state index in [-0.39, 0.29) is 18.9 Å². The van der Waals surface area contributed by atoms with E-state index in [1.54, 1.807) is 0 Å². The molecule has 308 valence electrons. The summed E-state index contributed by atoms with van der Waals surface area (Å²) in [4.78, 5) is 50.3. The zero-order valence-electron chi connectivity index (χ0n) is 32.2. The number of rotatable bonds is 25. The minimum absolute atomic E-state index is 0.143. The molecule has 2 fully saturated rings. The van der Waals surface area contributed by atoms with E-state index in [1.165, 1.54) is 6.92 Å². The third-order valence-electron chi connectivity index (χ3n) is 10.6. The fraction of sp³-hybridized carbons (Fsp3) is 0.571. The Morgan fingerprint density at radius 2 is 1.38 bits per heavy atom. The Labute approximate surface area is 327 Å². The van der Waals surface area contributed by atoms with Crippen molar-refractivity contribution < 1.29 is 68.4 Å². The maximum absolute atomic E-state index is 13.1. The third kappa shape index (κ3) is 10.1. The van der Waals surface area contributed by atoms with Gasteiger partial charge < -0.3 is 49.2 Å². The van der Waals surface area contributed by atoms with Crippen molar-refractivity contribution in [3.63, 3.8) is 0 Å². The molecule has 5 N–H and O–H groups in total. The highest BCUT2D eigenvalue weighted by atomic mass is 16.8. The first-order valence-electron chi connectivity index (χ1n) is 19.4. The van der Waals surface area contributed by atoms with Crippen LogP contribution < -0.4 is 4.74 Å². The number of ether oxygens (including phenoxy) is 5. The van der Waals surface area contributed by atoms with E-state index >= 15 is 0 Å². The quantitative estimate of drug-likeness (QED) is 0.0490. The lowest BCUT2D eigenvalue weighted by Gasteiger charge is -2.49. The zero-order chi connectivity index (χ0) is 40.9. The summed E-state index contributed by atoms with van der Waals surface area (Å²) in [6.45, 7) is 7.69. The van der Waals surface area contributed by atoms with Crippen LogP contribution in [0.15, 0.2) is 72.8 Å². The normalized spacial score (nSPS) is 26.5. The van der Waals surface area contributed by atoms with E-state index in [4.69, 9.17) is 23.7 Å². The van der Waals surface area contributed by atoms with Crippen molar-refractivity contribution in [3.05, 3.63) is 78.4 Å². The first kappa shape index (κ1) is 44.4. The molecular formula is C42H56O14. The second kappa shape index (κ2) is 20.2. The van der Waals surface area contributed by atoms with Gasteiger partial charge in [-0.1, -0.05) is 107 Å². The van der Waals surface area contributed by atoms with E-state index in [1.807, 2.05) is 67.6 Å². The molecule has 8 unspecified atom stereocenters. The van der Waals surface area contributed by atoms with E-state index in [2.05, 4.69) is 6.58 Å². The summed E-state index contributed by atoms with van der Waals surface area (Å²) in [7, 11) is 0. The van der Waals surface area contributed by atoms with Crippen molar-refractivity contribution in [1.82, 2.24) is 0 Å². The van der Waals surface area contributed by atoms with Crippen LogP contribution in [0.25, 0.3) is 0 Å². The smallest absolute Gasteiger partial charge is 0.343 e. The molecule has 56 heavy (non-hydrogen) atoms. The molecule has 0 aromatic heterocycles. The Bertz CT molecular complexity index is 1620. The topological polar surface area (TPSA) is 216 Å². The van der Waals surface area contributed by atoms with Crippen LogP contribution in [-0.4, -0.2) is 104 Å². The highest BCUT2D eigenvalue weighted by molar-refractivity contribution is 5.97. The van der Waals surface area contributed by atoms with Crippen molar-refractivity contribution in [2.75, 3.05) is 13.2 Å². The molecule has 2 bridgehead atoms. The van der Waals surface area contributed by atoms with E-state index in [9.17, 15) is 44.7 Å². The molecule has 0 amide bonds. The molecule has 0 aliphatic carbocycles. The molecule has 14 heteroatoms. The molecule has 0 spiro atoms. The van der Waals surface area contributed by atoms with Crippen LogP contribution in [0, 0.1) is 5.92 Å². The number of benzene rings is 2. The van der Waals surface area contributed by atoms with Gasteiger partial charge in [0.25, 0.3) is 0 Å². The summed E-state index contributed by atoms with van der Waals surface area (Å²) in [5, 5.41) is 54.0. The lowest BCUT2D eigenvalue weighted by Crippen LogP contribution is -2.78. The standard InChI is InChI=1S/C42H56O14/c1-28(33(54-30(3)43)29(2)27-31-19-13-11-14-20-31)23-24-40-34(44)35(42(56-40,39(49)50)41(51,38(47)48)36(55-40)37(45)46)53-26-18-10-8-6-4-5-7-9-17-25-52-32-21-15-12-16-22-32/h11-16,19-22,29,33-36,44,51H,1,4-10,17-18,23-27H2,2-3H3,(H,45,46)(H,47,48)(H,49,50). The van der Waals surface area contributed by atoms with Crippen LogP contribution >= 0.6 is 0 Å². The predicted molar refractivity (Wildman–Crippen MR) is 202 cm³/mol. The van der Waals surface area contributed by atoms with Crippen molar-refractivity contribution >= 4 is 23.9 Å². The van der Waals surface area contributed by atoms with Gasteiger partial charge in [0, 0.05) is 25.9 Å². The Balaban J connectivity index is 1.38. The van der Waals surface area contributed by atoms with Crippen molar-refractivity contribution in [3.8, 4) is 5.75 Å². The lowest BCUT2D eigenvalue weighted by molar-refractivity contribution is -0.374. The Kier molecular flexibility index (Phi) is 16.0. The van der Waals surface area contributed by atoms with Crippen LogP contribution in [0.4, 0.5) is 0 Å². The van der Waals surface area contributed by atoms with E-state index in [0.29, 0.717) is 31.4 Å². The van der Waals surface area contributed by atoms with Gasteiger partial charge in [0.1, 0.15) is 24.1 Å². The van der Waals surface area contributed by atoms with Crippen LogP contribution in [0.2, 0.25) is 0 Å². The van der Waals surface area contributed by atoms with Crippen molar-refractivity contribution in [2.24, 2.45) is 5.92 Å². The number of carboxylic acids is 3. The number of aliphatic carboxylic acids is 3. The second-order valence-corrected chi connectivity index (χ2v) is 14.8. The van der Waals surface area contributed by atoms with Gasteiger partial charge in [0.05, 0.1) is 6.61 Å². The molecule has 2 heterocycles. The maximum atomic E-state index is 13.1. The number of hydrogen-bond donors (Lipinski definition) is 5. The summed E-state index contributed by atoms with van der Waals surface area (Å²) in [5.41, 5.74) is -5.71. The predicted octanol–water partition coefficient (Wildman–Crippen LogP) is 5.32. The van der Waals surface area contributed by atoms with Gasteiger partial charge in [-0.15, -0.1) is 0 Å². The van der Waals surface area contributed by atoms with Gasteiger partial charge in [0.2, 0.25) is 17.3 Å². The van der Waals surface area contributed by atoms with Crippen LogP contribution in [0.1, 0.15) is 90.0 Å². The zero-order valence-corrected chi connectivity index (χ0v) is 32.2. The van der Waals surface area contributed by atoms with Crippen molar-refractivity contribution in [1.29, 1.82) is 0 Å². The third-order valence-corrected chi connectivity index (χ3v) is 10.6. The minimum Gasteiger partial charge on any atom is -0.494 e. The number of carbonyl (C=O) groups excluding carboxylic acids is 1. The summed E-state index contributed by atoms with van der Waals surface area (Å²) in [6, 6.07) is 19.1. The Morgan fingerprint density at radius 1 is 0.821 bits per heavy atom. The van der Waals surface area contributed by atoms with Crippen LogP contribution in [-0.2, 0) is 44.5 Å². The average Bonchev–Trinajstić information content (AvgIpc) is 3.38. The summed E-state index contributed by atoms with van der Waals surface area (Å²) in [6.07, 6.45) is 0.321. The largest absolute Gasteiger partial charge is 0.494 e. The highest BCUT2D eigenvalue weighted by Crippen LogP contribution is 2.56. The number of carbonyl (C=O) groups is 4. The number of carboxylic acid groups (broad SMARTS) is 3. The molecule has 14 nitrogen and oxygen atoms in total. The number of unbranched alkanes of at least 4 members (excludes halogenated alkanes) is 8. The van der Waals surface area contributed by atoms with E-state index < -0.39 is 71.7 Å². The van der Waals surface area contributed by atoms with Gasteiger partial charge >= 0.3 is 23.9 Å². The molecule has 2 aliphatic rings. The molecule has 0 radical (unpaired) electrons. The number of aliphatic hydroxyl groups excluding tert-OH is 1. The minimum atomic E-state index is -3.72. The number of aliphatic hydroxyl groups is 2. The first-order valence-corrected chi connectivity index (χ1v) is 19.4. The summed E-state index contributed by atoms with van der Waals surface area (Å²) >= 11 is 0. The molecule has 2 saturated heterocycles. The summed E-state index contributed by atoms with van der Waals surface area (Å²) in [5.74, 6) is -8.78. The molecule has 0 saturated carbocycles. The van der Waals surface area contributed by atoms with Crippen molar-refractivity contribution in [2.45, 2.75) is 132 Å². The SMILES string of the molecule is C=C(CCC12OC(C(=O)O)C(O)(C(=O)O)C(C(=O)O)(O1)C(OCCCCCCCCCCCOc1ccccc1)C2O)C(OC(C)=O)C(C)Cc1ccccc1. The number of esters is 1. The molecule has 2 aliphatic heterocycles. The number of para-hydroxylation sites is 1. The van der Waals surface area contributed by atoms with Gasteiger partial charge in [0.15, 0.2) is 5.79 Å². The molecular weight excluding hydrogens is 728 g/mol. The monoisotopic (exact) mass is 784 g/mol. The fourth-order valence-electron chi connectivity index (χ4n) is 7.72. The Hall–Kier alpha value is -4.34. The van der Waals surface area contributed by atoms with E-state index in [0.717, 1.165) is 56.3 Å². The second-order valence-electron chi connectivity index (χ2n) is 14.8. The molecule has 2 aromatic rings. The first-order chi connectivity index (χ1) is 26.7. The fourth-order valence-corrected chi connectivity index (χ4v) is 7.72. The van der Waals surface area contributed by atoms with Crippen LogP contribution in [0.5, 0.6) is 5.75 Å². The number of fused-ring (bicyclic) bond motifs is 2. The maximum Gasteiger partial charge on any atom is 0.343 e. The van der Waals surface area contributed by atoms with Gasteiger partial charge in [-0.2, -0.15) is 0 Å². The Morgan fingerprint density at radius 3 is 1.91 bits per heavy atom. The van der Waals surface area contributed by atoms with Gasteiger partial charge in [-0.3, -0.25) is 4.79 Å². The summed E-state index contributed by atoms with van der Waals surface area (Å²) < 4.78 is 28.6. The molecule has 2 aromatic carbocycles.